The lowest BCUT2D eigenvalue weighted by Gasteiger charge is -2.10. The van der Waals surface area contributed by atoms with Gasteiger partial charge in [-0.1, -0.05) is 27.7 Å². The van der Waals surface area contributed by atoms with Gasteiger partial charge < -0.3 is 15.0 Å². The summed E-state index contributed by atoms with van der Waals surface area (Å²) in [5.74, 6) is 0.700. The van der Waals surface area contributed by atoms with E-state index < -0.39 is 0 Å². The molecule has 2 aromatic carbocycles. The van der Waals surface area contributed by atoms with E-state index in [1.54, 1.807) is 29.8 Å². The topological polar surface area (TPSA) is 80.0 Å². The van der Waals surface area contributed by atoms with Crippen LogP contribution in [0.1, 0.15) is 11.1 Å². The minimum Gasteiger partial charge on any atom is -0.507 e. The standard InChI is InChI=1S/C19H18Br2N4O2S/c1-10-6-14(21)15(7-11(10)2)22-17(27)9-28-19-24-23-18(25(19)3)13-8-12(20)4-5-16(13)26/h4-8,26H,9H2,1-3H3,(H,22,27). The minimum atomic E-state index is -0.135. The van der Waals surface area contributed by atoms with Gasteiger partial charge in [-0.25, -0.2) is 0 Å². The van der Waals surface area contributed by atoms with E-state index in [1.165, 1.54) is 11.8 Å². The average Bonchev–Trinajstić information content (AvgIpc) is 3.00. The number of benzene rings is 2. The number of phenols is 1. The Morgan fingerprint density at radius 2 is 1.89 bits per heavy atom. The number of aryl methyl sites for hydroxylation is 2. The van der Waals surface area contributed by atoms with Gasteiger partial charge >= 0.3 is 0 Å². The number of thioether (sulfide) groups is 1. The van der Waals surface area contributed by atoms with Crippen LogP contribution < -0.4 is 5.32 Å². The molecule has 1 aromatic heterocycles. The fraction of sp³-hybridized carbons (Fsp3) is 0.211. The number of aromatic nitrogens is 3. The molecule has 0 bridgehead atoms. The van der Waals surface area contributed by atoms with Crippen LogP contribution in [0.4, 0.5) is 5.69 Å². The van der Waals surface area contributed by atoms with Crippen molar-refractivity contribution < 1.29 is 9.90 Å². The molecule has 0 aliphatic heterocycles. The molecule has 0 aliphatic rings. The summed E-state index contributed by atoms with van der Waals surface area (Å²) in [5, 5.41) is 21.9. The molecule has 9 heteroatoms. The summed E-state index contributed by atoms with van der Waals surface area (Å²) in [6, 6.07) is 9.05. The first-order chi connectivity index (χ1) is 13.3. The van der Waals surface area contributed by atoms with Crippen LogP contribution in [0.2, 0.25) is 0 Å². The van der Waals surface area contributed by atoms with Crippen LogP contribution in [-0.4, -0.2) is 31.5 Å². The maximum absolute atomic E-state index is 12.4. The molecule has 0 aliphatic carbocycles. The van der Waals surface area contributed by atoms with E-state index in [0.717, 1.165) is 25.8 Å². The predicted octanol–water partition coefficient (Wildman–Crippen LogP) is 5.06. The molecule has 28 heavy (non-hydrogen) atoms. The van der Waals surface area contributed by atoms with E-state index >= 15 is 0 Å². The fourth-order valence-electron chi connectivity index (χ4n) is 2.56. The zero-order valence-corrected chi connectivity index (χ0v) is 19.4. The normalized spacial score (nSPS) is 10.9. The molecule has 0 radical (unpaired) electrons. The second-order valence-corrected chi connectivity index (χ2v) is 8.99. The van der Waals surface area contributed by atoms with E-state index in [-0.39, 0.29) is 17.4 Å². The van der Waals surface area contributed by atoms with Crippen LogP contribution in [0.5, 0.6) is 5.75 Å². The van der Waals surface area contributed by atoms with Crippen LogP contribution in [0.3, 0.4) is 0 Å². The molecule has 0 saturated heterocycles. The quantitative estimate of drug-likeness (QED) is 0.455. The van der Waals surface area contributed by atoms with Crippen molar-refractivity contribution in [2.45, 2.75) is 19.0 Å². The van der Waals surface area contributed by atoms with Crippen molar-refractivity contribution in [1.82, 2.24) is 14.8 Å². The van der Waals surface area contributed by atoms with Gasteiger partial charge in [0.05, 0.1) is 17.0 Å². The number of hydrogen-bond donors (Lipinski definition) is 2. The number of carbonyl (C=O) groups excluding carboxylic acids is 1. The third-order valence-electron chi connectivity index (χ3n) is 4.22. The molecule has 3 aromatic rings. The van der Waals surface area contributed by atoms with Gasteiger partial charge in [-0.05, 0) is 71.2 Å². The van der Waals surface area contributed by atoms with Gasteiger partial charge in [0, 0.05) is 16.0 Å². The molecular formula is C19H18Br2N4O2S. The first kappa shape index (κ1) is 20.9. The van der Waals surface area contributed by atoms with Crippen molar-refractivity contribution in [3.8, 4) is 17.1 Å². The maximum atomic E-state index is 12.4. The van der Waals surface area contributed by atoms with E-state index in [4.69, 9.17) is 0 Å². The van der Waals surface area contributed by atoms with Gasteiger partial charge in [-0.15, -0.1) is 10.2 Å². The molecule has 6 nitrogen and oxygen atoms in total. The van der Waals surface area contributed by atoms with Crippen molar-refractivity contribution in [2.24, 2.45) is 7.05 Å². The Hall–Kier alpha value is -1.84. The third-order valence-corrected chi connectivity index (χ3v) is 6.39. The maximum Gasteiger partial charge on any atom is 0.234 e. The second kappa shape index (κ2) is 8.67. The van der Waals surface area contributed by atoms with Crippen molar-refractivity contribution in [3.63, 3.8) is 0 Å². The summed E-state index contributed by atoms with van der Waals surface area (Å²) in [6.07, 6.45) is 0. The van der Waals surface area contributed by atoms with E-state index in [9.17, 15) is 9.90 Å². The summed E-state index contributed by atoms with van der Waals surface area (Å²) in [6.45, 7) is 4.03. The Balaban J connectivity index is 1.70. The highest BCUT2D eigenvalue weighted by Crippen LogP contribution is 2.32. The number of nitrogens with zero attached hydrogens (tertiary/aromatic N) is 3. The first-order valence-electron chi connectivity index (χ1n) is 8.34. The second-order valence-electron chi connectivity index (χ2n) is 6.28. The minimum absolute atomic E-state index is 0.118. The summed E-state index contributed by atoms with van der Waals surface area (Å²) in [5.41, 5.74) is 3.57. The van der Waals surface area contributed by atoms with Gasteiger partial charge in [0.25, 0.3) is 0 Å². The SMILES string of the molecule is Cc1cc(Br)c(NC(=O)CSc2nnc(-c3cc(Br)ccc3O)n2C)cc1C. The van der Waals surface area contributed by atoms with Gasteiger partial charge in [0.15, 0.2) is 11.0 Å². The van der Waals surface area contributed by atoms with E-state index in [0.29, 0.717) is 16.5 Å². The highest BCUT2D eigenvalue weighted by Gasteiger charge is 2.16. The van der Waals surface area contributed by atoms with Gasteiger partial charge in [0.1, 0.15) is 5.75 Å². The summed E-state index contributed by atoms with van der Waals surface area (Å²) >= 11 is 8.16. The lowest BCUT2D eigenvalue weighted by Crippen LogP contribution is -2.15. The molecule has 1 heterocycles. The number of halogens is 2. The molecular weight excluding hydrogens is 508 g/mol. The Morgan fingerprint density at radius 1 is 1.18 bits per heavy atom. The van der Waals surface area contributed by atoms with Crippen LogP contribution in [-0.2, 0) is 11.8 Å². The fourth-order valence-corrected chi connectivity index (χ4v) is 4.18. The number of amides is 1. The van der Waals surface area contributed by atoms with Gasteiger partial charge in [-0.2, -0.15) is 0 Å². The molecule has 0 fully saturated rings. The number of nitrogens with one attached hydrogen (secondary N) is 1. The molecule has 0 saturated carbocycles. The van der Waals surface area contributed by atoms with E-state index in [2.05, 4.69) is 47.4 Å². The molecule has 0 spiro atoms. The number of phenolic OH excluding ortho intramolecular Hbond substituents is 1. The zero-order valence-electron chi connectivity index (χ0n) is 15.5. The highest BCUT2D eigenvalue weighted by atomic mass is 79.9. The van der Waals surface area contributed by atoms with E-state index in [1.807, 2.05) is 26.0 Å². The predicted molar refractivity (Wildman–Crippen MR) is 119 cm³/mol. The van der Waals surface area contributed by atoms with Crippen molar-refractivity contribution in [2.75, 3.05) is 11.1 Å². The Kier molecular flexibility index (Phi) is 6.47. The highest BCUT2D eigenvalue weighted by molar-refractivity contribution is 9.10. The van der Waals surface area contributed by atoms with Crippen molar-refractivity contribution in [1.29, 1.82) is 0 Å². The molecule has 0 unspecified atom stereocenters. The number of rotatable bonds is 5. The van der Waals surface area contributed by atoms with Crippen LogP contribution >= 0.6 is 43.6 Å². The smallest absolute Gasteiger partial charge is 0.234 e. The largest absolute Gasteiger partial charge is 0.507 e. The molecule has 3 rings (SSSR count). The van der Waals surface area contributed by atoms with Crippen LogP contribution in [0, 0.1) is 13.8 Å². The number of aromatic hydroxyl groups is 1. The van der Waals surface area contributed by atoms with Gasteiger partial charge in [-0.3, -0.25) is 4.79 Å². The number of hydrogen-bond acceptors (Lipinski definition) is 5. The monoisotopic (exact) mass is 524 g/mol. The summed E-state index contributed by atoms with van der Waals surface area (Å²) < 4.78 is 3.43. The average molecular weight is 526 g/mol. The first-order valence-corrected chi connectivity index (χ1v) is 10.9. The molecule has 1 amide bonds. The summed E-state index contributed by atoms with van der Waals surface area (Å²) in [7, 11) is 1.80. The van der Waals surface area contributed by atoms with Crippen LogP contribution in [0.15, 0.2) is 44.4 Å². The van der Waals surface area contributed by atoms with Crippen LogP contribution in [0.25, 0.3) is 11.4 Å². The van der Waals surface area contributed by atoms with Crippen molar-refractivity contribution in [3.05, 3.63) is 50.4 Å². The Bertz CT molecular complexity index is 1050. The Labute approximate surface area is 184 Å². The molecule has 0 atom stereocenters. The third kappa shape index (κ3) is 4.59. The number of carbonyl (C=O) groups is 1. The number of anilines is 1. The molecule has 2 N–H and O–H groups in total. The van der Waals surface area contributed by atoms with Crippen molar-refractivity contribution >= 4 is 55.2 Å². The lowest BCUT2D eigenvalue weighted by molar-refractivity contribution is -0.113. The van der Waals surface area contributed by atoms with Gasteiger partial charge in [0.2, 0.25) is 5.91 Å². The Morgan fingerprint density at radius 3 is 2.64 bits per heavy atom. The summed E-state index contributed by atoms with van der Waals surface area (Å²) in [4.78, 5) is 12.4. The molecule has 146 valence electrons. The zero-order chi connectivity index (χ0) is 20.4. The lowest BCUT2D eigenvalue weighted by atomic mass is 10.1.